The molecular weight excluding hydrogens is 171 g/mol. The minimum absolute atomic E-state index is 0.361. The van der Waals surface area contributed by atoms with Crippen LogP contribution in [0.1, 0.15) is 11.3 Å². The van der Waals surface area contributed by atoms with Crippen molar-refractivity contribution in [2.24, 2.45) is 5.73 Å². The molecule has 0 spiro atoms. The van der Waals surface area contributed by atoms with E-state index in [1.807, 2.05) is 0 Å². The third-order valence-electron chi connectivity index (χ3n) is 1.35. The Morgan fingerprint density at radius 2 is 2.38 bits per heavy atom. The van der Waals surface area contributed by atoms with Gasteiger partial charge in [0.2, 0.25) is 0 Å². The molecule has 0 aliphatic rings. The summed E-state index contributed by atoms with van der Waals surface area (Å²) < 4.78 is 12.5. The third kappa shape index (κ3) is 2.56. The highest BCUT2D eigenvalue weighted by molar-refractivity contribution is 5.92. The van der Waals surface area contributed by atoms with E-state index in [0.29, 0.717) is 11.3 Å². The number of carbonyl (C=O) groups is 1. The first-order valence-corrected chi connectivity index (χ1v) is 3.53. The fourth-order valence-corrected chi connectivity index (χ4v) is 0.792. The van der Waals surface area contributed by atoms with Gasteiger partial charge in [0, 0.05) is 5.92 Å². The van der Waals surface area contributed by atoms with E-state index in [-0.39, 0.29) is 0 Å². The topological polar surface area (TPSA) is 56.0 Å². The van der Waals surface area contributed by atoms with Crippen LogP contribution in [-0.2, 0) is 4.79 Å². The number of nitrogens with two attached hydrogens (primary N) is 1. The predicted octanol–water partition coefficient (Wildman–Crippen LogP) is 0.366. The monoisotopic (exact) mass is 178 g/mol. The molecule has 0 aliphatic carbocycles. The first kappa shape index (κ1) is 9.20. The number of halogens is 1. The molecule has 13 heavy (non-hydrogen) atoms. The third-order valence-corrected chi connectivity index (χ3v) is 1.35. The van der Waals surface area contributed by atoms with Crippen LogP contribution < -0.4 is 5.73 Å². The van der Waals surface area contributed by atoms with Crippen molar-refractivity contribution in [2.75, 3.05) is 0 Å². The van der Waals surface area contributed by atoms with Crippen molar-refractivity contribution in [2.45, 2.75) is 6.92 Å². The molecule has 1 heterocycles. The standard InChI is InChI=1S/C9H7FN2O/c1-6-4-7(10)5-12-8(6)2-3-9(11)13/h4-5H,1H3,(H2,11,13). The number of aryl methyl sites for hydroxylation is 1. The molecule has 0 unspecified atom stereocenters. The lowest BCUT2D eigenvalue weighted by Gasteiger charge is -1.94. The van der Waals surface area contributed by atoms with Crippen LogP contribution >= 0.6 is 0 Å². The molecule has 1 amide bonds. The minimum atomic E-state index is -0.731. The lowest BCUT2D eigenvalue weighted by atomic mass is 10.2. The van der Waals surface area contributed by atoms with Gasteiger partial charge in [-0.1, -0.05) is 0 Å². The Hall–Kier alpha value is -1.89. The summed E-state index contributed by atoms with van der Waals surface area (Å²) in [5.74, 6) is 3.40. The fraction of sp³-hybridized carbons (Fsp3) is 0.111. The fourth-order valence-electron chi connectivity index (χ4n) is 0.792. The number of hydrogen-bond donors (Lipinski definition) is 1. The average Bonchev–Trinajstić information content (AvgIpc) is 2.02. The van der Waals surface area contributed by atoms with Gasteiger partial charge in [0.25, 0.3) is 5.91 Å². The van der Waals surface area contributed by atoms with Gasteiger partial charge in [0.15, 0.2) is 0 Å². The Bertz CT molecular complexity index is 404. The number of hydrogen-bond acceptors (Lipinski definition) is 2. The summed E-state index contributed by atoms with van der Waals surface area (Å²) in [7, 11) is 0. The van der Waals surface area contributed by atoms with E-state index in [4.69, 9.17) is 5.73 Å². The van der Waals surface area contributed by atoms with E-state index in [1.54, 1.807) is 6.92 Å². The van der Waals surface area contributed by atoms with Crippen molar-refractivity contribution < 1.29 is 9.18 Å². The number of aromatic nitrogens is 1. The van der Waals surface area contributed by atoms with Gasteiger partial charge in [0.05, 0.1) is 6.20 Å². The van der Waals surface area contributed by atoms with Crippen molar-refractivity contribution >= 4 is 5.91 Å². The summed E-state index contributed by atoms with van der Waals surface area (Å²) in [5, 5.41) is 0. The minimum Gasteiger partial charge on any atom is -0.359 e. The molecule has 1 rings (SSSR count). The van der Waals surface area contributed by atoms with Gasteiger partial charge < -0.3 is 5.73 Å². The zero-order valence-corrected chi connectivity index (χ0v) is 6.97. The lowest BCUT2D eigenvalue weighted by Crippen LogP contribution is -2.06. The van der Waals surface area contributed by atoms with Gasteiger partial charge in [-0.15, -0.1) is 0 Å². The molecule has 0 saturated heterocycles. The molecule has 0 fully saturated rings. The first-order chi connectivity index (χ1) is 6.09. The number of primary amides is 1. The smallest absolute Gasteiger partial charge is 0.293 e. The Morgan fingerprint density at radius 3 is 2.92 bits per heavy atom. The summed E-state index contributed by atoms with van der Waals surface area (Å²) in [5.41, 5.74) is 5.74. The van der Waals surface area contributed by atoms with E-state index < -0.39 is 11.7 Å². The largest absolute Gasteiger partial charge is 0.359 e. The number of pyridine rings is 1. The van der Waals surface area contributed by atoms with Crippen molar-refractivity contribution in [1.29, 1.82) is 0 Å². The summed E-state index contributed by atoms with van der Waals surface area (Å²) >= 11 is 0. The molecule has 2 N–H and O–H groups in total. The highest BCUT2D eigenvalue weighted by atomic mass is 19.1. The first-order valence-electron chi connectivity index (χ1n) is 3.53. The van der Waals surface area contributed by atoms with Crippen molar-refractivity contribution in [3.8, 4) is 11.8 Å². The zero-order valence-electron chi connectivity index (χ0n) is 6.97. The van der Waals surface area contributed by atoms with Crippen LogP contribution in [0.15, 0.2) is 12.3 Å². The molecule has 4 heteroatoms. The molecule has 0 aliphatic heterocycles. The van der Waals surface area contributed by atoms with Crippen molar-refractivity contribution in [1.82, 2.24) is 4.98 Å². The van der Waals surface area contributed by atoms with E-state index >= 15 is 0 Å². The highest BCUT2D eigenvalue weighted by Gasteiger charge is 1.97. The van der Waals surface area contributed by atoms with Crippen LogP contribution in [0.5, 0.6) is 0 Å². The maximum atomic E-state index is 12.5. The van der Waals surface area contributed by atoms with Crippen LogP contribution in [0, 0.1) is 24.6 Å². The summed E-state index contributed by atoms with van der Waals surface area (Å²) in [6, 6.07) is 1.29. The van der Waals surface area contributed by atoms with E-state index in [2.05, 4.69) is 16.8 Å². The van der Waals surface area contributed by atoms with Crippen LogP contribution in [-0.4, -0.2) is 10.9 Å². The van der Waals surface area contributed by atoms with E-state index in [0.717, 1.165) is 6.20 Å². The Labute approximate surface area is 74.8 Å². The van der Waals surface area contributed by atoms with Crippen LogP contribution in [0.2, 0.25) is 0 Å². The maximum Gasteiger partial charge on any atom is 0.293 e. The van der Waals surface area contributed by atoms with E-state index in [9.17, 15) is 9.18 Å². The van der Waals surface area contributed by atoms with Crippen LogP contribution in [0.25, 0.3) is 0 Å². The Balaban J connectivity index is 3.05. The number of rotatable bonds is 0. The number of carbonyl (C=O) groups excluding carboxylic acids is 1. The molecule has 0 radical (unpaired) electrons. The summed E-state index contributed by atoms with van der Waals surface area (Å²) in [6.45, 7) is 1.65. The molecule has 0 atom stereocenters. The van der Waals surface area contributed by atoms with Gasteiger partial charge in [-0.3, -0.25) is 4.79 Å². The summed E-state index contributed by atoms with van der Waals surface area (Å²) in [6.07, 6.45) is 1.04. The van der Waals surface area contributed by atoms with Gasteiger partial charge in [-0.2, -0.15) is 0 Å². The second-order valence-electron chi connectivity index (χ2n) is 2.43. The predicted molar refractivity (Wildman–Crippen MR) is 45.0 cm³/mol. The Morgan fingerprint density at radius 1 is 1.69 bits per heavy atom. The second-order valence-corrected chi connectivity index (χ2v) is 2.43. The molecule has 0 bridgehead atoms. The van der Waals surface area contributed by atoms with Crippen molar-refractivity contribution in [3.05, 3.63) is 29.3 Å². The lowest BCUT2D eigenvalue weighted by molar-refractivity contribution is -0.112. The zero-order chi connectivity index (χ0) is 9.84. The van der Waals surface area contributed by atoms with Crippen LogP contribution in [0.4, 0.5) is 4.39 Å². The molecule has 0 aromatic carbocycles. The summed E-state index contributed by atoms with van der Waals surface area (Å²) in [4.78, 5) is 14.0. The normalized spacial score (nSPS) is 8.77. The molecule has 3 nitrogen and oxygen atoms in total. The van der Waals surface area contributed by atoms with E-state index in [1.165, 1.54) is 6.07 Å². The second kappa shape index (κ2) is 3.68. The quantitative estimate of drug-likeness (QED) is 0.583. The number of amides is 1. The molecule has 66 valence electrons. The average molecular weight is 178 g/mol. The highest BCUT2D eigenvalue weighted by Crippen LogP contribution is 2.04. The van der Waals surface area contributed by atoms with Gasteiger partial charge in [-0.25, -0.2) is 9.37 Å². The number of nitrogens with zero attached hydrogens (tertiary/aromatic N) is 1. The molecule has 1 aromatic rings. The Kier molecular flexibility index (Phi) is 2.60. The molecule has 1 aromatic heterocycles. The van der Waals surface area contributed by atoms with Crippen LogP contribution in [0.3, 0.4) is 0 Å². The van der Waals surface area contributed by atoms with Crippen molar-refractivity contribution in [3.63, 3.8) is 0 Å². The molecular formula is C9H7FN2O. The maximum absolute atomic E-state index is 12.5. The van der Waals surface area contributed by atoms with Gasteiger partial charge in [0.1, 0.15) is 11.5 Å². The van der Waals surface area contributed by atoms with Gasteiger partial charge in [-0.05, 0) is 24.5 Å². The van der Waals surface area contributed by atoms with Gasteiger partial charge >= 0.3 is 0 Å². The SMILES string of the molecule is Cc1cc(F)cnc1C#CC(N)=O. The molecule has 0 saturated carbocycles.